The number of nitrogens with zero attached hydrogens (tertiary/aromatic N) is 4. The molecule has 2 aromatic carbocycles. The van der Waals surface area contributed by atoms with Crippen molar-refractivity contribution < 1.29 is 0 Å². The molecule has 0 saturated carbocycles. The second kappa shape index (κ2) is 7.42. The van der Waals surface area contributed by atoms with E-state index in [0.717, 1.165) is 29.4 Å². The zero-order valence-electron chi connectivity index (χ0n) is 13.4. The third kappa shape index (κ3) is 3.99. The van der Waals surface area contributed by atoms with Gasteiger partial charge in [-0.25, -0.2) is 0 Å². The molecule has 118 valence electrons. The summed E-state index contributed by atoms with van der Waals surface area (Å²) in [6.07, 6.45) is 2.19. The minimum Gasteiger partial charge on any atom is -0.187 e. The van der Waals surface area contributed by atoms with Crippen molar-refractivity contribution in [2.24, 2.45) is 0 Å². The Morgan fingerprint density at radius 2 is 1.87 bits per heavy atom. The van der Waals surface area contributed by atoms with Crippen LogP contribution in [0.25, 0.3) is 5.69 Å². The molecule has 0 spiro atoms. The van der Waals surface area contributed by atoms with Crippen LogP contribution in [0.3, 0.4) is 0 Å². The fraction of sp³-hybridized carbons (Fsp3) is 0.278. The van der Waals surface area contributed by atoms with Gasteiger partial charge >= 0.3 is 0 Å². The van der Waals surface area contributed by atoms with Gasteiger partial charge in [0.15, 0.2) is 0 Å². The molecule has 3 rings (SSSR count). The van der Waals surface area contributed by atoms with E-state index in [-0.39, 0.29) is 0 Å². The molecule has 0 unspecified atom stereocenters. The molecule has 0 aliphatic carbocycles. The van der Waals surface area contributed by atoms with Crippen molar-refractivity contribution in [1.82, 2.24) is 20.2 Å². The molecule has 0 fully saturated rings. The number of aromatic nitrogens is 4. The fourth-order valence-electron chi connectivity index (χ4n) is 2.55. The number of aryl methyl sites for hydroxylation is 3. The Morgan fingerprint density at radius 3 is 2.65 bits per heavy atom. The van der Waals surface area contributed by atoms with Crippen LogP contribution in [-0.2, 0) is 6.42 Å². The smallest absolute Gasteiger partial charge is 0.187 e. The van der Waals surface area contributed by atoms with Crippen LogP contribution in [0, 0.1) is 13.8 Å². The summed E-state index contributed by atoms with van der Waals surface area (Å²) >= 11 is 1.71. The first kappa shape index (κ1) is 15.7. The quantitative estimate of drug-likeness (QED) is 0.508. The summed E-state index contributed by atoms with van der Waals surface area (Å²) in [5, 5.41) is 13.0. The standard InChI is InChI=1S/C18H20N4S/c1-14-10-11-17(15(2)13-14)22-18(19-20-21-22)23-12-6-9-16-7-4-3-5-8-16/h3-5,7-8,10-11,13H,6,9,12H2,1-2H3. The third-order valence-electron chi connectivity index (χ3n) is 3.71. The van der Waals surface area contributed by atoms with Gasteiger partial charge in [0.2, 0.25) is 5.16 Å². The molecule has 4 nitrogen and oxygen atoms in total. The summed E-state index contributed by atoms with van der Waals surface area (Å²) in [4.78, 5) is 0. The maximum atomic E-state index is 4.17. The van der Waals surface area contributed by atoms with Crippen LogP contribution < -0.4 is 0 Å². The highest BCUT2D eigenvalue weighted by atomic mass is 32.2. The zero-order chi connectivity index (χ0) is 16.1. The van der Waals surface area contributed by atoms with E-state index in [0.29, 0.717) is 0 Å². The van der Waals surface area contributed by atoms with E-state index in [9.17, 15) is 0 Å². The van der Waals surface area contributed by atoms with E-state index in [1.165, 1.54) is 16.7 Å². The second-order valence-electron chi connectivity index (χ2n) is 5.60. The third-order valence-corrected chi connectivity index (χ3v) is 4.71. The summed E-state index contributed by atoms with van der Waals surface area (Å²) in [5.41, 5.74) is 4.85. The Balaban J connectivity index is 1.62. The van der Waals surface area contributed by atoms with Gasteiger partial charge in [-0.2, -0.15) is 4.68 Å². The van der Waals surface area contributed by atoms with E-state index in [1.807, 2.05) is 4.68 Å². The van der Waals surface area contributed by atoms with Gasteiger partial charge in [0.05, 0.1) is 5.69 Å². The average Bonchev–Trinajstić information content (AvgIpc) is 3.01. The highest BCUT2D eigenvalue weighted by Crippen LogP contribution is 2.22. The molecule has 5 heteroatoms. The van der Waals surface area contributed by atoms with Crippen molar-refractivity contribution in [2.45, 2.75) is 31.8 Å². The Kier molecular flexibility index (Phi) is 5.08. The largest absolute Gasteiger partial charge is 0.214 e. The molecule has 1 aromatic heterocycles. The second-order valence-corrected chi connectivity index (χ2v) is 6.66. The van der Waals surface area contributed by atoms with Crippen molar-refractivity contribution in [2.75, 3.05) is 5.75 Å². The number of hydrogen-bond acceptors (Lipinski definition) is 4. The Morgan fingerprint density at radius 1 is 1.04 bits per heavy atom. The monoisotopic (exact) mass is 324 g/mol. The Labute approximate surface area is 140 Å². The maximum Gasteiger partial charge on any atom is 0.214 e. The highest BCUT2D eigenvalue weighted by Gasteiger charge is 2.10. The zero-order valence-corrected chi connectivity index (χ0v) is 14.3. The van der Waals surface area contributed by atoms with Crippen LogP contribution >= 0.6 is 11.8 Å². The molecule has 0 aliphatic heterocycles. The van der Waals surface area contributed by atoms with Crippen LogP contribution in [0.2, 0.25) is 0 Å². The predicted molar refractivity (Wildman–Crippen MR) is 94.1 cm³/mol. The molecule has 23 heavy (non-hydrogen) atoms. The summed E-state index contributed by atoms with van der Waals surface area (Å²) in [6.45, 7) is 4.18. The molecule has 1 heterocycles. The SMILES string of the molecule is Cc1ccc(-n2nnnc2SCCCc2ccccc2)c(C)c1. The first-order valence-corrected chi connectivity index (χ1v) is 8.75. The van der Waals surface area contributed by atoms with Crippen LogP contribution in [0.1, 0.15) is 23.1 Å². The molecule has 0 N–H and O–H groups in total. The van der Waals surface area contributed by atoms with Crippen molar-refractivity contribution in [3.05, 3.63) is 65.2 Å². The average molecular weight is 324 g/mol. The molecule has 0 radical (unpaired) electrons. The van der Waals surface area contributed by atoms with Gasteiger partial charge in [-0.3, -0.25) is 0 Å². The number of tetrazole rings is 1. The predicted octanol–water partition coefficient (Wildman–Crippen LogP) is 4.00. The minimum absolute atomic E-state index is 0.852. The molecule has 0 aliphatic rings. The summed E-state index contributed by atoms with van der Waals surface area (Å²) in [6, 6.07) is 16.9. The number of rotatable bonds is 6. The van der Waals surface area contributed by atoms with Crippen molar-refractivity contribution >= 4 is 11.8 Å². The lowest BCUT2D eigenvalue weighted by Crippen LogP contribution is -2.02. The first-order valence-electron chi connectivity index (χ1n) is 7.77. The molecule has 0 amide bonds. The van der Waals surface area contributed by atoms with Crippen LogP contribution in [0.5, 0.6) is 0 Å². The molecular formula is C18H20N4S. The summed E-state index contributed by atoms with van der Waals surface area (Å²) in [5.74, 6) is 1.00. The Hall–Kier alpha value is -2.14. The number of thioether (sulfide) groups is 1. The van der Waals surface area contributed by atoms with Gasteiger partial charge in [0.25, 0.3) is 0 Å². The van der Waals surface area contributed by atoms with E-state index in [2.05, 4.69) is 77.9 Å². The lowest BCUT2D eigenvalue weighted by atomic mass is 10.1. The number of benzene rings is 2. The molecule has 0 saturated heterocycles. The van der Waals surface area contributed by atoms with Gasteiger partial charge in [-0.1, -0.05) is 59.8 Å². The topological polar surface area (TPSA) is 43.6 Å². The van der Waals surface area contributed by atoms with Gasteiger partial charge in [-0.05, 0) is 54.3 Å². The maximum absolute atomic E-state index is 4.17. The highest BCUT2D eigenvalue weighted by molar-refractivity contribution is 7.99. The summed E-state index contributed by atoms with van der Waals surface area (Å²) < 4.78 is 1.84. The normalized spacial score (nSPS) is 10.9. The van der Waals surface area contributed by atoms with Crippen molar-refractivity contribution in [1.29, 1.82) is 0 Å². The first-order chi connectivity index (χ1) is 11.2. The lowest BCUT2D eigenvalue weighted by Gasteiger charge is -2.08. The van der Waals surface area contributed by atoms with E-state index < -0.39 is 0 Å². The Bertz CT molecular complexity index is 768. The van der Waals surface area contributed by atoms with E-state index in [1.54, 1.807) is 11.8 Å². The van der Waals surface area contributed by atoms with E-state index in [4.69, 9.17) is 0 Å². The number of hydrogen-bond donors (Lipinski definition) is 0. The van der Waals surface area contributed by atoms with Crippen molar-refractivity contribution in [3.63, 3.8) is 0 Å². The summed E-state index contributed by atoms with van der Waals surface area (Å²) in [7, 11) is 0. The van der Waals surface area contributed by atoms with Crippen LogP contribution in [0.15, 0.2) is 53.7 Å². The van der Waals surface area contributed by atoms with Crippen molar-refractivity contribution in [3.8, 4) is 5.69 Å². The van der Waals surface area contributed by atoms with Gasteiger partial charge < -0.3 is 0 Å². The lowest BCUT2D eigenvalue weighted by molar-refractivity contribution is 0.751. The molecule has 0 atom stereocenters. The van der Waals surface area contributed by atoms with Crippen LogP contribution in [0.4, 0.5) is 0 Å². The van der Waals surface area contributed by atoms with Gasteiger partial charge in [0, 0.05) is 5.75 Å². The molecule has 3 aromatic rings. The van der Waals surface area contributed by atoms with Gasteiger partial charge in [0.1, 0.15) is 0 Å². The minimum atomic E-state index is 0.852. The molecular weight excluding hydrogens is 304 g/mol. The molecule has 0 bridgehead atoms. The van der Waals surface area contributed by atoms with E-state index >= 15 is 0 Å². The fourth-order valence-corrected chi connectivity index (χ4v) is 3.37. The van der Waals surface area contributed by atoms with Gasteiger partial charge in [-0.15, -0.1) is 5.10 Å². The van der Waals surface area contributed by atoms with Crippen LogP contribution in [-0.4, -0.2) is 26.0 Å².